The number of nitrogens with zero attached hydrogens (tertiary/aromatic N) is 1. The lowest BCUT2D eigenvalue weighted by atomic mass is 10.2. The zero-order chi connectivity index (χ0) is 9.78. The van der Waals surface area contributed by atoms with E-state index in [1.54, 1.807) is 0 Å². The predicted molar refractivity (Wildman–Crippen MR) is 42.2 cm³/mol. The number of halogens is 3. The molecule has 0 fully saturated rings. The normalized spacial score (nSPS) is 14.8. The Morgan fingerprint density at radius 2 is 1.92 bits per heavy atom. The van der Waals surface area contributed by atoms with E-state index in [9.17, 15) is 13.2 Å². The Labute approximate surface area is 69.2 Å². The van der Waals surface area contributed by atoms with Crippen LogP contribution in [-0.4, -0.2) is 26.0 Å². The van der Waals surface area contributed by atoms with Gasteiger partial charge in [-0.1, -0.05) is 0 Å². The summed E-state index contributed by atoms with van der Waals surface area (Å²) in [5, 5.41) is 2.51. The van der Waals surface area contributed by atoms with Gasteiger partial charge >= 0.3 is 6.18 Å². The van der Waals surface area contributed by atoms with Crippen LogP contribution in [0.5, 0.6) is 0 Å². The molecular formula is C7H11F3N2. The van der Waals surface area contributed by atoms with Gasteiger partial charge in [0.2, 0.25) is 0 Å². The fourth-order valence-electron chi connectivity index (χ4n) is 0.812. The van der Waals surface area contributed by atoms with Gasteiger partial charge in [-0.3, -0.25) is 4.99 Å². The molecule has 0 aromatic rings. The molecule has 1 N–H and O–H groups in total. The van der Waals surface area contributed by atoms with Crippen LogP contribution >= 0.6 is 0 Å². The molecule has 0 rings (SSSR count). The first-order chi connectivity index (χ1) is 5.43. The van der Waals surface area contributed by atoms with E-state index >= 15 is 0 Å². The standard InChI is InChI=1S/C7H11F3N2/c1-5(4-11-2)6(12-3)7(8,9)10/h4,11H,1-3H3/b5-4-,12-6+. The fraction of sp³-hybridized carbons (Fsp3) is 0.571. The summed E-state index contributed by atoms with van der Waals surface area (Å²) >= 11 is 0. The maximum atomic E-state index is 12.1. The lowest BCUT2D eigenvalue weighted by Gasteiger charge is -2.09. The van der Waals surface area contributed by atoms with E-state index in [2.05, 4.69) is 10.3 Å². The summed E-state index contributed by atoms with van der Waals surface area (Å²) in [6.45, 7) is 1.35. The Balaban J connectivity index is 4.72. The summed E-state index contributed by atoms with van der Waals surface area (Å²) in [7, 11) is 2.66. The van der Waals surface area contributed by atoms with Crippen molar-refractivity contribution in [2.45, 2.75) is 13.1 Å². The predicted octanol–water partition coefficient (Wildman–Crippen LogP) is 1.74. The van der Waals surface area contributed by atoms with Crippen molar-refractivity contribution in [3.05, 3.63) is 11.8 Å². The fourth-order valence-corrected chi connectivity index (χ4v) is 0.812. The highest BCUT2D eigenvalue weighted by Crippen LogP contribution is 2.21. The van der Waals surface area contributed by atoms with Crippen LogP contribution < -0.4 is 5.32 Å². The van der Waals surface area contributed by atoms with Crippen LogP contribution in [0.2, 0.25) is 0 Å². The number of rotatable bonds is 2. The Morgan fingerprint density at radius 1 is 1.42 bits per heavy atom. The molecule has 2 nitrogen and oxygen atoms in total. The van der Waals surface area contributed by atoms with Crippen LogP contribution in [0.4, 0.5) is 13.2 Å². The SMILES string of the molecule is C/N=C(\C(C)=C/NC)C(F)(F)F. The third-order valence-electron chi connectivity index (χ3n) is 1.23. The number of hydrogen-bond acceptors (Lipinski definition) is 2. The molecule has 0 heterocycles. The summed E-state index contributed by atoms with van der Waals surface area (Å²) in [6, 6.07) is 0. The van der Waals surface area contributed by atoms with Crippen molar-refractivity contribution in [3.63, 3.8) is 0 Å². The molecule has 0 bridgehead atoms. The van der Waals surface area contributed by atoms with Crippen molar-refractivity contribution < 1.29 is 13.2 Å². The molecule has 0 saturated heterocycles. The van der Waals surface area contributed by atoms with E-state index in [1.807, 2.05) is 0 Å². The zero-order valence-corrected chi connectivity index (χ0v) is 7.16. The monoisotopic (exact) mass is 180 g/mol. The van der Waals surface area contributed by atoms with Crippen LogP contribution in [0.25, 0.3) is 0 Å². The first kappa shape index (κ1) is 11.0. The van der Waals surface area contributed by atoms with Crippen molar-refractivity contribution in [1.82, 2.24) is 5.32 Å². The molecule has 5 heteroatoms. The minimum absolute atomic E-state index is 0.0764. The average Bonchev–Trinajstić information content (AvgIpc) is 1.85. The average molecular weight is 180 g/mol. The largest absolute Gasteiger partial charge is 0.433 e. The smallest absolute Gasteiger partial charge is 0.394 e. The molecule has 0 aromatic heterocycles. The Hall–Kier alpha value is -1.00. The number of aliphatic imine (C=N–C) groups is 1. The molecule has 0 amide bonds. The lowest BCUT2D eigenvalue weighted by molar-refractivity contribution is -0.0583. The number of allylic oxidation sites excluding steroid dienone is 1. The molecule has 0 aliphatic heterocycles. The van der Waals surface area contributed by atoms with E-state index in [1.165, 1.54) is 20.2 Å². The van der Waals surface area contributed by atoms with Gasteiger partial charge in [-0.15, -0.1) is 0 Å². The summed E-state index contributed by atoms with van der Waals surface area (Å²) in [6.07, 6.45) is -3.11. The molecule has 0 spiro atoms. The van der Waals surface area contributed by atoms with Gasteiger partial charge in [0.25, 0.3) is 0 Å². The molecule has 0 aromatic carbocycles. The van der Waals surface area contributed by atoms with Gasteiger partial charge < -0.3 is 5.32 Å². The molecular weight excluding hydrogens is 169 g/mol. The Bertz CT molecular complexity index is 203. The molecule has 0 atom stereocenters. The highest BCUT2D eigenvalue weighted by Gasteiger charge is 2.35. The molecule has 0 aliphatic rings. The first-order valence-corrected chi connectivity index (χ1v) is 3.32. The van der Waals surface area contributed by atoms with Crippen molar-refractivity contribution in [2.75, 3.05) is 14.1 Å². The molecule has 70 valence electrons. The minimum atomic E-state index is -4.37. The molecule has 0 radical (unpaired) electrons. The second-order valence-electron chi connectivity index (χ2n) is 2.19. The molecule has 0 aliphatic carbocycles. The number of hydrogen-bond donors (Lipinski definition) is 1. The van der Waals surface area contributed by atoms with E-state index in [4.69, 9.17) is 0 Å². The van der Waals surface area contributed by atoms with Crippen molar-refractivity contribution >= 4 is 5.71 Å². The van der Waals surface area contributed by atoms with Gasteiger partial charge in [-0.25, -0.2) is 0 Å². The van der Waals surface area contributed by atoms with Gasteiger partial charge in [-0.2, -0.15) is 13.2 Å². The first-order valence-electron chi connectivity index (χ1n) is 3.32. The zero-order valence-electron chi connectivity index (χ0n) is 7.16. The van der Waals surface area contributed by atoms with Crippen LogP contribution in [0.15, 0.2) is 16.8 Å². The van der Waals surface area contributed by atoms with Gasteiger partial charge in [0.1, 0.15) is 5.71 Å². The van der Waals surface area contributed by atoms with Gasteiger partial charge in [0.15, 0.2) is 0 Å². The van der Waals surface area contributed by atoms with E-state index < -0.39 is 11.9 Å². The van der Waals surface area contributed by atoms with Crippen molar-refractivity contribution in [3.8, 4) is 0 Å². The maximum absolute atomic E-state index is 12.1. The number of alkyl halides is 3. The van der Waals surface area contributed by atoms with E-state index in [-0.39, 0.29) is 5.57 Å². The van der Waals surface area contributed by atoms with Gasteiger partial charge in [0.05, 0.1) is 0 Å². The third-order valence-corrected chi connectivity index (χ3v) is 1.23. The van der Waals surface area contributed by atoms with Crippen LogP contribution in [-0.2, 0) is 0 Å². The van der Waals surface area contributed by atoms with E-state index in [0.29, 0.717) is 0 Å². The maximum Gasteiger partial charge on any atom is 0.433 e. The highest BCUT2D eigenvalue weighted by molar-refractivity contribution is 6.03. The summed E-state index contributed by atoms with van der Waals surface area (Å²) < 4.78 is 36.3. The topological polar surface area (TPSA) is 24.4 Å². The van der Waals surface area contributed by atoms with Crippen molar-refractivity contribution in [2.24, 2.45) is 4.99 Å². The van der Waals surface area contributed by atoms with Crippen molar-refractivity contribution in [1.29, 1.82) is 0 Å². The van der Waals surface area contributed by atoms with Crippen LogP contribution in [0.3, 0.4) is 0 Å². The van der Waals surface area contributed by atoms with Crippen LogP contribution in [0, 0.1) is 0 Å². The highest BCUT2D eigenvalue weighted by atomic mass is 19.4. The summed E-state index contributed by atoms with van der Waals surface area (Å²) in [4.78, 5) is 3.16. The summed E-state index contributed by atoms with van der Waals surface area (Å²) in [5.41, 5.74) is -0.774. The lowest BCUT2D eigenvalue weighted by Crippen LogP contribution is -2.24. The number of nitrogens with one attached hydrogen (secondary N) is 1. The third kappa shape index (κ3) is 2.94. The second-order valence-corrected chi connectivity index (χ2v) is 2.19. The quantitative estimate of drug-likeness (QED) is 0.643. The Kier molecular flexibility index (Phi) is 3.79. The molecule has 0 unspecified atom stereocenters. The Morgan fingerprint density at radius 3 is 2.17 bits per heavy atom. The van der Waals surface area contributed by atoms with Gasteiger partial charge in [0, 0.05) is 20.3 Å². The summed E-state index contributed by atoms with van der Waals surface area (Å²) in [5.74, 6) is 0. The van der Waals surface area contributed by atoms with Crippen LogP contribution in [0.1, 0.15) is 6.92 Å². The second kappa shape index (κ2) is 4.13. The molecule has 12 heavy (non-hydrogen) atoms. The van der Waals surface area contributed by atoms with E-state index in [0.717, 1.165) is 7.05 Å². The molecule has 0 saturated carbocycles. The minimum Gasteiger partial charge on any atom is -0.394 e. The van der Waals surface area contributed by atoms with Gasteiger partial charge in [-0.05, 0) is 12.5 Å².